The Morgan fingerprint density at radius 1 is 1.15 bits per heavy atom. The average molecular weight is 469 g/mol. The summed E-state index contributed by atoms with van der Waals surface area (Å²) in [6, 6.07) is 7.72. The van der Waals surface area contributed by atoms with Crippen molar-refractivity contribution in [3.8, 4) is 11.5 Å². The topological polar surface area (TPSA) is 70.7 Å². The molecule has 2 aliphatic rings. The van der Waals surface area contributed by atoms with Gasteiger partial charge >= 0.3 is 0 Å². The molecule has 0 aromatic carbocycles. The van der Waals surface area contributed by atoms with E-state index >= 15 is 0 Å². The maximum absolute atomic E-state index is 13.8. The number of amides is 2. The lowest BCUT2D eigenvalue weighted by atomic mass is 9.91. The van der Waals surface area contributed by atoms with Crippen LogP contribution < -0.4 is 5.32 Å². The lowest BCUT2D eigenvalue weighted by molar-refractivity contribution is -0.134. The Morgan fingerprint density at radius 2 is 1.91 bits per heavy atom. The number of hydrogen-bond acceptors (Lipinski definition) is 4. The molecule has 3 heterocycles. The fourth-order valence-electron chi connectivity index (χ4n) is 5.40. The zero-order valence-electron chi connectivity index (χ0n) is 21.0. The minimum Gasteiger partial charge on any atom is -0.463 e. The number of unbranched alkanes of at least 4 members (excludes halogenated alkanes) is 1. The largest absolute Gasteiger partial charge is 0.463 e. The first-order valence-electron chi connectivity index (χ1n) is 13.1. The molecule has 1 unspecified atom stereocenters. The van der Waals surface area contributed by atoms with E-state index in [1.54, 1.807) is 6.26 Å². The predicted molar refractivity (Wildman–Crippen MR) is 134 cm³/mol. The van der Waals surface area contributed by atoms with Crippen LogP contribution in [-0.4, -0.2) is 63.9 Å². The van der Waals surface area contributed by atoms with E-state index < -0.39 is 5.54 Å². The molecule has 1 aliphatic carbocycles. The minimum absolute atomic E-state index is 0.0471. The number of nitrogens with one attached hydrogen (secondary N) is 1. The molecule has 34 heavy (non-hydrogen) atoms. The number of nitrogens with zero attached hydrogens (tertiary/aromatic N) is 3. The van der Waals surface area contributed by atoms with E-state index in [9.17, 15) is 9.59 Å². The highest BCUT2D eigenvalue weighted by molar-refractivity contribution is 6.00. The van der Waals surface area contributed by atoms with Crippen molar-refractivity contribution in [2.24, 2.45) is 0 Å². The fraction of sp³-hybridized carbons (Fsp3) is 0.630. The van der Waals surface area contributed by atoms with Crippen LogP contribution in [-0.2, 0) is 11.3 Å². The van der Waals surface area contributed by atoms with Crippen molar-refractivity contribution in [3.63, 3.8) is 0 Å². The number of rotatable bonds is 10. The normalized spacial score (nSPS) is 21.2. The zero-order chi connectivity index (χ0) is 24.1. The number of likely N-dealkylation sites (N-methyl/N-ethyl adjacent to an activating group) is 1. The van der Waals surface area contributed by atoms with Crippen LogP contribution in [0.2, 0.25) is 0 Å². The molecule has 1 saturated carbocycles. The molecule has 2 aromatic rings. The highest BCUT2D eigenvalue weighted by atomic mass is 16.3. The van der Waals surface area contributed by atoms with Crippen molar-refractivity contribution in [2.45, 2.75) is 83.8 Å². The van der Waals surface area contributed by atoms with E-state index in [1.807, 2.05) is 40.7 Å². The van der Waals surface area contributed by atoms with Crippen molar-refractivity contribution in [1.82, 2.24) is 19.7 Å². The van der Waals surface area contributed by atoms with Gasteiger partial charge in [-0.1, -0.05) is 39.5 Å². The van der Waals surface area contributed by atoms with E-state index in [0.717, 1.165) is 63.9 Å². The van der Waals surface area contributed by atoms with Crippen LogP contribution in [0, 0.1) is 0 Å². The molecule has 4 rings (SSSR count). The lowest BCUT2D eigenvalue weighted by Gasteiger charge is -2.45. The molecule has 0 bridgehead atoms. The first kappa shape index (κ1) is 24.6. The van der Waals surface area contributed by atoms with Crippen LogP contribution in [0.3, 0.4) is 0 Å². The van der Waals surface area contributed by atoms with Gasteiger partial charge in [0.2, 0.25) is 5.91 Å². The van der Waals surface area contributed by atoms with Gasteiger partial charge in [-0.25, -0.2) is 0 Å². The minimum atomic E-state index is -0.966. The number of furan rings is 1. The summed E-state index contributed by atoms with van der Waals surface area (Å²) < 4.78 is 7.60. The number of aromatic nitrogens is 1. The number of carbonyl (C=O) groups is 2. The summed E-state index contributed by atoms with van der Waals surface area (Å²) >= 11 is 0. The summed E-state index contributed by atoms with van der Waals surface area (Å²) in [5.41, 5.74) is 0.486. The van der Waals surface area contributed by atoms with Crippen molar-refractivity contribution in [3.05, 3.63) is 36.2 Å². The van der Waals surface area contributed by atoms with Gasteiger partial charge in [0, 0.05) is 19.1 Å². The number of fused-ring (bicyclic) bond motifs is 1. The maximum atomic E-state index is 13.8. The first-order chi connectivity index (χ1) is 16.5. The summed E-state index contributed by atoms with van der Waals surface area (Å²) in [5, 5.41) is 3.31. The molecular formula is C27H40N4O3. The van der Waals surface area contributed by atoms with Crippen LogP contribution >= 0.6 is 0 Å². The third kappa shape index (κ3) is 4.95. The van der Waals surface area contributed by atoms with Gasteiger partial charge in [0.1, 0.15) is 17.0 Å². The third-order valence-electron chi connectivity index (χ3n) is 7.62. The van der Waals surface area contributed by atoms with Crippen LogP contribution in [0.15, 0.2) is 34.9 Å². The van der Waals surface area contributed by atoms with Crippen molar-refractivity contribution in [1.29, 1.82) is 0 Å². The van der Waals surface area contributed by atoms with E-state index in [0.29, 0.717) is 24.5 Å². The monoisotopic (exact) mass is 468 g/mol. The molecular weight excluding hydrogens is 428 g/mol. The summed E-state index contributed by atoms with van der Waals surface area (Å²) in [7, 11) is 0. The summed E-state index contributed by atoms with van der Waals surface area (Å²) in [6.45, 7) is 9.94. The van der Waals surface area contributed by atoms with Crippen LogP contribution in [0.25, 0.3) is 11.5 Å². The Kier molecular flexibility index (Phi) is 7.81. The molecule has 0 saturated heterocycles. The smallest absolute Gasteiger partial charge is 0.271 e. The van der Waals surface area contributed by atoms with Gasteiger partial charge < -0.3 is 24.1 Å². The van der Waals surface area contributed by atoms with E-state index in [2.05, 4.69) is 24.1 Å². The Labute approximate surface area is 203 Å². The summed E-state index contributed by atoms with van der Waals surface area (Å²) in [6.07, 6.45) is 9.48. The number of hydrogen-bond donors (Lipinski definition) is 1. The highest BCUT2D eigenvalue weighted by Crippen LogP contribution is 2.33. The quantitative estimate of drug-likeness (QED) is 0.556. The second kappa shape index (κ2) is 10.8. The van der Waals surface area contributed by atoms with Gasteiger partial charge in [-0.2, -0.15) is 0 Å². The standard InChI is InChI=1S/C27H40N4O3/c1-4-6-16-29(5-2)17-18-31-25(32)23-15-14-22(24-13-10-19-34-24)30(23)20-27(31,3)26(33)28-21-11-8-7-9-12-21/h10,13-15,19,21H,4-9,11-12,16-18,20H2,1-3H3,(H,28,33). The molecule has 1 fully saturated rings. The van der Waals surface area contributed by atoms with Gasteiger partial charge in [0.15, 0.2) is 0 Å². The molecule has 2 amide bonds. The Hall–Kier alpha value is -2.54. The molecule has 1 atom stereocenters. The molecule has 1 aliphatic heterocycles. The van der Waals surface area contributed by atoms with Gasteiger partial charge in [-0.3, -0.25) is 9.59 Å². The molecule has 186 valence electrons. The van der Waals surface area contributed by atoms with E-state index in [4.69, 9.17) is 4.42 Å². The van der Waals surface area contributed by atoms with Crippen LogP contribution in [0.1, 0.15) is 76.2 Å². The SMILES string of the molecule is CCCCN(CC)CCN1C(=O)c2ccc(-c3ccco3)n2CC1(C)C(=O)NC1CCCCC1. The van der Waals surface area contributed by atoms with Crippen LogP contribution in [0.4, 0.5) is 0 Å². The van der Waals surface area contributed by atoms with E-state index in [1.165, 1.54) is 6.42 Å². The van der Waals surface area contributed by atoms with Crippen molar-refractivity contribution < 1.29 is 14.0 Å². The first-order valence-corrected chi connectivity index (χ1v) is 13.1. The lowest BCUT2D eigenvalue weighted by Crippen LogP contribution is -2.65. The second-order valence-corrected chi connectivity index (χ2v) is 9.99. The molecule has 1 N–H and O–H groups in total. The van der Waals surface area contributed by atoms with Gasteiger partial charge in [-0.15, -0.1) is 0 Å². The van der Waals surface area contributed by atoms with Crippen molar-refractivity contribution in [2.75, 3.05) is 26.2 Å². The van der Waals surface area contributed by atoms with E-state index in [-0.39, 0.29) is 17.9 Å². The second-order valence-electron chi connectivity index (χ2n) is 9.99. The molecule has 2 aromatic heterocycles. The van der Waals surface area contributed by atoms with Gasteiger partial charge in [0.05, 0.1) is 18.5 Å². The van der Waals surface area contributed by atoms with Gasteiger partial charge in [-0.05, 0) is 63.5 Å². The Bertz CT molecular complexity index is 961. The van der Waals surface area contributed by atoms with Crippen LogP contribution in [0.5, 0.6) is 0 Å². The predicted octanol–water partition coefficient (Wildman–Crippen LogP) is 4.53. The molecule has 7 heteroatoms. The maximum Gasteiger partial charge on any atom is 0.271 e. The summed E-state index contributed by atoms with van der Waals surface area (Å²) in [5.74, 6) is 0.574. The Morgan fingerprint density at radius 3 is 2.59 bits per heavy atom. The average Bonchev–Trinajstić information content (AvgIpc) is 3.51. The summed E-state index contributed by atoms with van der Waals surface area (Å²) in [4.78, 5) is 31.8. The fourth-order valence-corrected chi connectivity index (χ4v) is 5.40. The highest BCUT2D eigenvalue weighted by Gasteiger charge is 2.48. The van der Waals surface area contributed by atoms with Gasteiger partial charge in [0.25, 0.3) is 5.91 Å². The zero-order valence-corrected chi connectivity index (χ0v) is 21.0. The third-order valence-corrected chi connectivity index (χ3v) is 7.62. The van der Waals surface area contributed by atoms with Crippen molar-refractivity contribution >= 4 is 11.8 Å². The molecule has 0 spiro atoms. The number of carbonyl (C=O) groups excluding carboxylic acids is 2. The molecule has 0 radical (unpaired) electrons. The Balaban J connectivity index is 1.62. The molecule has 7 nitrogen and oxygen atoms in total.